The van der Waals surface area contributed by atoms with Gasteiger partial charge in [0, 0.05) is 5.56 Å². The molecule has 3 N–H and O–H groups in total. The van der Waals surface area contributed by atoms with Gasteiger partial charge in [-0.15, -0.1) is 0 Å². The van der Waals surface area contributed by atoms with Crippen molar-refractivity contribution < 1.29 is 14.3 Å². The zero-order chi connectivity index (χ0) is 16.9. The molecule has 0 atom stereocenters. The highest BCUT2D eigenvalue weighted by Crippen LogP contribution is 2.28. The van der Waals surface area contributed by atoms with Crippen LogP contribution in [-0.4, -0.2) is 23.5 Å². The highest BCUT2D eigenvalue weighted by Gasteiger charge is 2.39. The predicted molar refractivity (Wildman–Crippen MR) is 88.8 cm³/mol. The number of benzene rings is 1. The molecule has 126 valence electrons. The van der Waals surface area contributed by atoms with Gasteiger partial charge in [0.1, 0.15) is 5.54 Å². The Labute approximate surface area is 137 Å². The van der Waals surface area contributed by atoms with Gasteiger partial charge in [-0.3, -0.25) is 9.59 Å². The van der Waals surface area contributed by atoms with Crippen molar-refractivity contribution in [2.45, 2.75) is 64.2 Å². The molecule has 0 aliphatic heterocycles. The van der Waals surface area contributed by atoms with Crippen LogP contribution in [-0.2, 0) is 16.1 Å². The molecule has 23 heavy (non-hydrogen) atoms. The summed E-state index contributed by atoms with van der Waals surface area (Å²) in [6.07, 6.45) is 4.31. The Morgan fingerprint density at radius 3 is 2.30 bits per heavy atom. The van der Waals surface area contributed by atoms with Crippen LogP contribution in [0.3, 0.4) is 0 Å². The van der Waals surface area contributed by atoms with Crippen LogP contribution >= 0.6 is 0 Å². The van der Waals surface area contributed by atoms with Gasteiger partial charge >= 0.3 is 0 Å². The van der Waals surface area contributed by atoms with Gasteiger partial charge in [-0.2, -0.15) is 0 Å². The van der Waals surface area contributed by atoms with Crippen molar-refractivity contribution in [3.05, 3.63) is 35.4 Å². The van der Waals surface area contributed by atoms with Crippen LogP contribution in [0.1, 0.15) is 61.9 Å². The molecule has 5 heteroatoms. The summed E-state index contributed by atoms with van der Waals surface area (Å²) in [6, 6.07) is 7.25. The number of nitrogens with one attached hydrogen (secondary N) is 1. The zero-order valence-corrected chi connectivity index (χ0v) is 13.9. The highest BCUT2D eigenvalue weighted by atomic mass is 16.5. The Bertz CT molecular complexity index is 546. The maximum atomic E-state index is 12.4. The normalized spacial score (nSPS) is 17.0. The van der Waals surface area contributed by atoms with Gasteiger partial charge in [-0.05, 0) is 44.4 Å². The number of hydrogen-bond donors (Lipinski definition) is 2. The van der Waals surface area contributed by atoms with E-state index in [0.717, 1.165) is 24.8 Å². The Kier molecular flexibility index (Phi) is 5.77. The van der Waals surface area contributed by atoms with Crippen molar-refractivity contribution in [3.63, 3.8) is 0 Å². The van der Waals surface area contributed by atoms with E-state index in [1.807, 2.05) is 26.0 Å². The SMILES string of the molecule is CC(C)OCc1ccc(C(=O)NC2(C(N)=O)CCCCC2)cc1. The van der Waals surface area contributed by atoms with E-state index in [-0.39, 0.29) is 12.0 Å². The summed E-state index contributed by atoms with van der Waals surface area (Å²) in [7, 11) is 0. The topological polar surface area (TPSA) is 81.4 Å². The number of carbonyl (C=O) groups is 2. The quantitative estimate of drug-likeness (QED) is 0.845. The molecule has 0 spiro atoms. The minimum atomic E-state index is -0.894. The summed E-state index contributed by atoms with van der Waals surface area (Å²) < 4.78 is 5.54. The van der Waals surface area contributed by atoms with Gasteiger partial charge in [-0.25, -0.2) is 0 Å². The molecule has 1 aromatic rings. The average Bonchev–Trinajstić information content (AvgIpc) is 2.54. The number of nitrogens with two attached hydrogens (primary N) is 1. The minimum Gasteiger partial charge on any atom is -0.374 e. The summed E-state index contributed by atoms with van der Waals surface area (Å²) >= 11 is 0. The third kappa shape index (κ3) is 4.55. The van der Waals surface area contributed by atoms with Crippen LogP contribution in [0.4, 0.5) is 0 Å². The molecule has 1 aliphatic rings. The first-order chi connectivity index (χ1) is 10.9. The molecule has 0 heterocycles. The molecule has 0 unspecified atom stereocenters. The van der Waals surface area contributed by atoms with Crippen LogP contribution in [0.5, 0.6) is 0 Å². The fourth-order valence-corrected chi connectivity index (χ4v) is 2.89. The van der Waals surface area contributed by atoms with E-state index in [2.05, 4.69) is 5.32 Å². The Balaban J connectivity index is 2.03. The van der Waals surface area contributed by atoms with Gasteiger partial charge in [0.15, 0.2) is 0 Å². The van der Waals surface area contributed by atoms with E-state index >= 15 is 0 Å². The Hall–Kier alpha value is -1.88. The molecule has 1 saturated carbocycles. The average molecular weight is 318 g/mol. The first-order valence-electron chi connectivity index (χ1n) is 8.26. The molecule has 1 fully saturated rings. The van der Waals surface area contributed by atoms with Gasteiger partial charge < -0.3 is 15.8 Å². The van der Waals surface area contributed by atoms with Crippen LogP contribution in [0.15, 0.2) is 24.3 Å². The van der Waals surface area contributed by atoms with E-state index in [4.69, 9.17) is 10.5 Å². The standard InChI is InChI=1S/C18H26N2O3/c1-13(2)23-12-14-6-8-15(9-7-14)16(21)20-18(17(19)22)10-4-3-5-11-18/h6-9,13H,3-5,10-12H2,1-2H3,(H2,19,22)(H,20,21). The molecule has 2 rings (SSSR count). The molecular formula is C18H26N2O3. The number of amides is 2. The second kappa shape index (κ2) is 7.59. The Morgan fingerprint density at radius 1 is 1.17 bits per heavy atom. The van der Waals surface area contributed by atoms with E-state index in [9.17, 15) is 9.59 Å². The van der Waals surface area contributed by atoms with Gasteiger partial charge in [0.2, 0.25) is 5.91 Å². The maximum Gasteiger partial charge on any atom is 0.252 e. The first-order valence-corrected chi connectivity index (χ1v) is 8.26. The lowest BCUT2D eigenvalue weighted by molar-refractivity contribution is -0.125. The van der Waals surface area contributed by atoms with Crippen LogP contribution in [0, 0.1) is 0 Å². The van der Waals surface area contributed by atoms with Crippen molar-refractivity contribution in [1.82, 2.24) is 5.32 Å². The molecule has 1 aliphatic carbocycles. The molecule has 0 aromatic heterocycles. The van der Waals surface area contributed by atoms with Crippen LogP contribution in [0.2, 0.25) is 0 Å². The lowest BCUT2D eigenvalue weighted by Gasteiger charge is -2.35. The molecule has 0 radical (unpaired) electrons. The van der Waals surface area contributed by atoms with Crippen molar-refractivity contribution in [2.75, 3.05) is 0 Å². The predicted octanol–water partition coefficient (Wildman–Crippen LogP) is 2.53. The van der Waals surface area contributed by atoms with Crippen LogP contribution in [0.25, 0.3) is 0 Å². The summed E-state index contributed by atoms with van der Waals surface area (Å²) in [5.74, 6) is -0.686. The highest BCUT2D eigenvalue weighted by molar-refractivity contribution is 5.99. The lowest BCUT2D eigenvalue weighted by atomic mass is 9.81. The number of carbonyl (C=O) groups excluding carboxylic acids is 2. The van der Waals surface area contributed by atoms with Crippen LogP contribution < -0.4 is 11.1 Å². The third-order valence-corrected chi connectivity index (χ3v) is 4.33. The van der Waals surface area contributed by atoms with Gasteiger partial charge in [-0.1, -0.05) is 31.4 Å². The molecule has 5 nitrogen and oxygen atoms in total. The molecule has 2 amide bonds. The first kappa shape index (κ1) is 17.5. The van der Waals surface area contributed by atoms with Crippen molar-refractivity contribution >= 4 is 11.8 Å². The maximum absolute atomic E-state index is 12.4. The summed E-state index contributed by atoms with van der Waals surface area (Å²) in [5.41, 5.74) is 6.20. The molecule has 0 bridgehead atoms. The minimum absolute atomic E-state index is 0.166. The van der Waals surface area contributed by atoms with Gasteiger partial charge in [0.05, 0.1) is 12.7 Å². The second-order valence-corrected chi connectivity index (χ2v) is 6.52. The summed E-state index contributed by atoms with van der Waals surface area (Å²) in [4.78, 5) is 24.3. The largest absolute Gasteiger partial charge is 0.374 e. The van der Waals surface area contributed by atoms with E-state index < -0.39 is 11.4 Å². The van der Waals surface area contributed by atoms with E-state index in [1.165, 1.54) is 0 Å². The molecule has 1 aromatic carbocycles. The van der Waals surface area contributed by atoms with Crippen molar-refractivity contribution in [1.29, 1.82) is 0 Å². The van der Waals surface area contributed by atoms with Crippen molar-refractivity contribution in [3.8, 4) is 0 Å². The fraction of sp³-hybridized carbons (Fsp3) is 0.556. The number of primary amides is 1. The number of ether oxygens (including phenoxy) is 1. The second-order valence-electron chi connectivity index (χ2n) is 6.52. The van der Waals surface area contributed by atoms with Gasteiger partial charge in [0.25, 0.3) is 5.91 Å². The summed E-state index contributed by atoms with van der Waals surface area (Å²) in [5, 5.41) is 2.87. The third-order valence-electron chi connectivity index (χ3n) is 4.33. The van der Waals surface area contributed by atoms with E-state index in [1.54, 1.807) is 12.1 Å². The summed E-state index contributed by atoms with van der Waals surface area (Å²) in [6.45, 7) is 4.48. The monoisotopic (exact) mass is 318 g/mol. The number of rotatable bonds is 6. The lowest BCUT2D eigenvalue weighted by Crippen LogP contribution is -2.58. The molecular weight excluding hydrogens is 292 g/mol. The fourth-order valence-electron chi connectivity index (χ4n) is 2.89. The van der Waals surface area contributed by atoms with Crippen molar-refractivity contribution in [2.24, 2.45) is 5.73 Å². The number of hydrogen-bond acceptors (Lipinski definition) is 3. The van der Waals surface area contributed by atoms with E-state index in [0.29, 0.717) is 25.0 Å². The Morgan fingerprint density at radius 2 is 1.78 bits per heavy atom. The molecule has 0 saturated heterocycles. The smallest absolute Gasteiger partial charge is 0.252 e. The zero-order valence-electron chi connectivity index (χ0n) is 13.9.